The molecule has 2 aromatic heterocycles. The van der Waals surface area contributed by atoms with Crippen molar-refractivity contribution in [2.75, 3.05) is 6.54 Å². The number of halogens is 2. The Morgan fingerprint density at radius 2 is 1.80 bits per heavy atom. The van der Waals surface area contributed by atoms with Gasteiger partial charge in [-0.05, 0) is 41.0 Å². The third-order valence-electron chi connectivity index (χ3n) is 5.47. The summed E-state index contributed by atoms with van der Waals surface area (Å²) in [5.41, 5.74) is 4.34. The number of para-hydroxylation sites is 2. The first-order valence-corrected chi connectivity index (χ1v) is 9.69. The Balaban J connectivity index is 1.42. The molecule has 7 heteroatoms. The van der Waals surface area contributed by atoms with Crippen LogP contribution in [0.15, 0.2) is 67.0 Å². The van der Waals surface area contributed by atoms with Crippen molar-refractivity contribution in [2.45, 2.75) is 19.5 Å². The van der Waals surface area contributed by atoms with Crippen molar-refractivity contribution in [3.63, 3.8) is 0 Å². The van der Waals surface area contributed by atoms with Crippen LogP contribution in [0.1, 0.15) is 28.3 Å². The average molecular weight is 404 g/mol. The van der Waals surface area contributed by atoms with Crippen LogP contribution in [0.5, 0.6) is 0 Å². The minimum absolute atomic E-state index is 0.0860. The molecule has 1 aliphatic heterocycles. The van der Waals surface area contributed by atoms with E-state index in [1.54, 1.807) is 41.6 Å². The average Bonchev–Trinajstić information content (AvgIpc) is 3.30. The summed E-state index contributed by atoms with van der Waals surface area (Å²) in [5.74, 6) is 0.196. The van der Waals surface area contributed by atoms with E-state index in [0.29, 0.717) is 29.7 Å². The molecule has 0 spiro atoms. The molecule has 3 heterocycles. The summed E-state index contributed by atoms with van der Waals surface area (Å²) in [4.78, 5) is 23.2. The fraction of sp³-hybridized carbons (Fsp3) is 0.174. The van der Waals surface area contributed by atoms with Gasteiger partial charge in [0.05, 0.1) is 16.6 Å². The SMILES string of the molecule is O=C1c2c(cccc2-c2ccncc2)CN1CCc1nc2ccccc2n1C(F)F. The number of amides is 1. The Bertz CT molecular complexity index is 1240. The summed E-state index contributed by atoms with van der Waals surface area (Å²) >= 11 is 0. The lowest BCUT2D eigenvalue weighted by molar-refractivity contribution is 0.0699. The van der Waals surface area contributed by atoms with E-state index in [1.165, 1.54) is 0 Å². The van der Waals surface area contributed by atoms with Gasteiger partial charge in [0, 0.05) is 31.9 Å². The molecule has 0 N–H and O–H groups in total. The first kappa shape index (κ1) is 18.4. The zero-order chi connectivity index (χ0) is 20.7. The second kappa shape index (κ2) is 7.33. The first-order chi connectivity index (χ1) is 14.6. The maximum absolute atomic E-state index is 13.7. The van der Waals surface area contributed by atoms with E-state index in [9.17, 15) is 13.6 Å². The van der Waals surface area contributed by atoms with Crippen molar-refractivity contribution in [2.24, 2.45) is 0 Å². The van der Waals surface area contributed by atoms with Gasteiger partial charge in [-0.2, -0.15) is 8.78 Å². The lowest BCUT2D eigenvalue weighted by Gasteiger charge is -2.16. The molecule has 0 fully saturated rings. The zero-order valence-corrected chi connectivity index (χ0v) is 16.0. The quantitative estimate of drug-likeness (QED) is 0.485. The van der Waals surface area contributed by atoms with Crippen molar-refractivity contribution in [3.8, 4) is 11.1 Å². The van der Waals surface area contributed by atoms with Crippen LogP contribution in [0.2, 0.25) is 0 Å². The Kier molecular flexibility index (Phi) is 4.50. The number of imidazole rings is 1. The summed E-state index contributed by atoms with van der Waals surface area (Å²) < 4.78 is 28.3. The topological polar surface area (TPSA) is 51.0 Å². The smallest absolute Gasteiger partial charge is 0.320 e. The molecule has 0 unspecified atom stereocenters. The van der Waals surface area contributed by atoms with E-state index in [4.69, 9.17) is 0 Å². The number of nitrogens with zero attached hydrogens (tertiary/aromatic N) is 4. The van der Waals surface area contributed by atoms with E-state index < -0.39 is 6.55 Å². The molecular formula is C23H18F2N4O. The first-order valence-electron chi connectivity index (χ1n) is 9.69. The van der Waals surface area contributed by atoms with Gasteiger partial charge in [0.25, 0.3) is 5.91 Å². The van der Waals surface area contributed by atoms with E-state index in [0.717, 1.165) is 21.3 Å². The molecule has 5 rings (SSSR count). The van der Waals surface area contributed by atoms with Gasteiger partial charge >= 0.3 is 6.55 Å². The van der Waals surface area contributed by atoms with Gasteiger partial charge in [-0.3, -0.25) is 14.3 Å². The highest BCUT2D eigenvalue weighted by Crippen LogP contribution is 2.32. The Labute approximate surface area is 171 Å². The van der Waals surface area contributed by atoms with Gasteiger partial charge in [0.15, 0.2) is 0 Å². The number of carbonyl (C=O) groups excluding carboxylic acids is 1. The molecule has 30 heavy (non-hydrogen) atoms. The second-order valence-electron chi connectivity index (χ2n) is 7.22. The van der Waals surface area contributed by atoms with Crippen molar-refractivity contribution < 1.29 is 13.6 Å². The summed E-state index contributed by atoms with van der Waals surface area (Å²) in [6.07, 6.45) is 3.64. The minimum Gasteiger partial charge on any atom is -0.334 e. The van der Waals surface area contributed by atoms with E-state index >= 15 is 0 Å². The third-order valence-corrected chi connectivity index (χ3v) is 5.47. The van der Waals surface area contributed by atoms with Crippen molar-refractivity contribution in [3.05, 3.63) is 83.9 Å². The number of fused-ring (bicyclic) bond motifs is 2. The fourth-order valence-corrected chi connectivity index (χ4v) is 4.10. The van der Waals surface area contributed by atoms with Crippen molar-refractivity contribution >= 4 is 16.9 Å². The fourth-order valence-electron chi connectivity index (χ4n) is 4.10. The molecule has 0 saturated carbocycles. The Morgan fingerprint density at radius 1 is 1.00 bits per heavy atom. The van der Waals surface area contributed by atoms with Gasteiger partial charge in [-0.15, -0.1) is 0 Å². The number of pyridine rings is 1. The summed E-state index contributed by atoms with van der Waals surface area (Å²) in [7, 11) is 0. The monoisotopic (exact) mass is 404 g/mol. The highest BCUT2D eigenvalue weighted by atomic mass is 19.3. The summed E-state index contributed by atoms with van der Waals surface area (Å²) in [5, 5.41) is 0. The van der Waals surface area contributed by atoms with Gasteiger partial charge in [0.2, 0.25) is 0 Å². The minimum atomic E-state index is -2.68. The van der Waals surface area contributed by atoms with Gasteiger partial charge in [-0.1, -0.05) is 30.3 Å². The Morgan fingerprint density at radius 3 is 2.60 bits per heavy atom. The summed E-state index contributed by atoms with van der Waals surface area (Å²) in [6, 6.07) is 16.4. The molecule has 0 saturated heterocycles. The van der Waals surface area contributed by atoms with Gasteiger partial charge in [-0.25, -0.2) is 4.98 Å². The molecule has 150 valence electrons. The molecule has 5 nitrogen and oxygen atoms in total. The largest absolute Gasteiger partial charge is 0.334 e. The van der Waals surface area contributed by atoms with Gasteiger partial charge in [0.1, 0.15) is 5.82 Å². The molecule has 0 radical (unpaired) electrons. The zero-order valence-electron chi connectivity index (χ0n) is 16.0. The molecule has 1 aliphatic rings. The van der Waals surface area contributed by atoms with Crippen LogP contribution in [-0.4, -0.2) is 31.9 Å². The lowest BCUT2D eigenvalue weighted by Crippen LogP contribution is -2.27. The predicted octanol–water partition coefficient (Wildman–Crippen LogP) is 4.69. The molecule has 2 aromatic carbocycles. The van der Waals surface area contributed by atoms with E-state index in [2.05, 4.69) is 9.97 Å². The van der Waals surface area contributed by atoms with Crippen molar-refractivity contribution in [1.29, 1.82) is 0 Å². The maximum atomic E-state index is 13.7. The number of aromatic nitrogens is 3. The number of rotatable bonds is 5. The standard InChI is InChI=1S/C23H18F2N4O/c24-23(25)29-19-7-2-1-6-18(19)27-20(29)10-13-28-14-16-4-3-5-17(21(16)22(28)30)15-8-11-26-12-9-15/h1-9,11-12,23H,10,13-14H2. The maximum Gasteiger partial charge on any atom is 0.320 e. The summed E-state index contributed by atoms with van der Waals surface area (Å²) in [6.45, 7) is -1.90. The number of alkyl halides is 2. The van der Waals surface area contributed by atoms with Crippen LogP contribution in [0.25, 0.3) is 22.2 Å². The number of carbonyl (C=O) groups is 1. The molecule has 0 atom stereocenters. The van der Waals surface area contributed by atoms with Crippen LogP contribution in [-0.2, 0) is 13.0 Å². The van der Waals surface area contributed by atoms with Crippen LogP contribution in [0, 0.1) is 0 Å². The predicted molar refractivity (Wildman–Crippen MR) is 109 cm³/mol. The van der Waals surface area contributed by atoms with Crippen LogP contribution in [0.3, 0.4) is 0 Å². The molecule has 1 amide bonds. The van der Waals surface area contributed by atoms with Gasteiger partial charge < -0.3 is 4.90 Å². The second-order valence-corrected chi connectivity index (χ2v) is 7.22. The Hall–Kier alpha value is -3.61. The van der Waals surface area contributed by atoms with E-state index in [-0.39, 0.29) is 18.2 Å². The highest BCUT2D eigenvalue weighted by Gasteiger charge is 2.30. The van der Waals surface area contributed by atoms with Crippen LogP contribution in [0.4, 0.5) is 8.78 Å². The molecule has 0 aliphatic carbocycles. The molecule has 4 aromatic rings. The normalized spacial score (nSPS) is 13.4. The van der Waals surface area contributed by atoms with Crippen LogP contribution < -0.4 is 0 Å². The highest BCUT2D eigenvalue weighted by molar-refractivity contribution is 6.04. The third kappa shape index (κ3) is 3.03. The number of hydrogen-bond donors (Lipinski definition) is 0. The van der Waals surface area contributed by atoms with Crippen molar-refractivity contribution in [1.82, 2.24) is 19.4 Å². The molecular weight excluding hydrogens is 386 g/mol. The van der Waals surface area contributed by atoms with E-state index in [1.807, 2.05) is 30.3 Å². The number of hydrogen-bond acceptors (Lipinski definition) is 3. The lowest BCUT2D eigenvalue weighted by atomic mass is 9.97. The number of benzene rings is 2. The van der Waals surface area contributed by atoms with Crippen LogP contribution >= 0.6 is 0 Å². The molecule has 0 bridgehead atoms.